The molecule has 0 aliphatic carbocycles. The minimum absolute atomic E-state index is 0.719. The summed E-state index contributed by atoms with van der Waals surface area (Å²) in [7, 11) is 0. The molecule has 0 atom stereocenters. The van der Waals surface area contributed by atoms with Crippen LogP contribution < -0.4 is 5.73 Å². The van der Waals surface area contributed by atoms with E-state index in [1.165, 1.54) is 0 Å². The molecule has 14 heavy (non-hydrogen) atoms. The maximum atomic E-state index is 5.90. The summed E-state index contributed by atoms with van der Waals surface area (Å²) in [5.41, 5.74) is 9.52. The first-order chi connectivity index (χ1) is 6.75. The molecule has 4 heteroatoms. The Hall–Kier alpha value is -1.97. The van der Waals surface area contributed by atoms with E-state index in [0.717, 1.165) is 33.4 Å². The van der Waals surface area contributed by atoms with Gasteiger partial charge in [-0.1, -0.05) is 0 Å². The van der Waals surface area contributed by atoms with Crippen LogP contribution in [-0.2, 0) is 0 Å². The quantitative estimate of drug-likeness (QED) is 0.469. The minimum Gasteiger partial charge on any atom is -0.397 e. The van der Waals surface area contributed by atoms with Crippen LogP contribution in [0.5, 0.6) is 0 Å². The molecule has 70 valence electrons. The predicted molar refractivity (Wildman–Crippen MR) is 57.1 cm³/mol. The van der Waals surface area contributed by atoms with E-state index in [1.54, 1.807) is 0 Å². The number of aryl methyl sites for hydroxylation is 1. The molecule has 0 aliphatic heterocycles. The molecule has 4 nitrogen and oxygen atoms in total. The third-order valence-electron chi connectivity index (χ3n) is 2.44. The molecule has 0 fully saturated rings. The lowest BCUT2D eigenvalue weighted by Crippen LogP contribution is -1.86. The van der Waals surface area contributed by atoms with Crippen LogP contribution in [0.1, 0.15) is 5.82 Å². The van der Waals surface area contributed by atoms with Crippen molar-refractivity contribution in [3.8, 4) is 0 Å². The molecule has 3 rings (SSSR count). The Balaban J connectivity index is 2.65. The van der Waals surface area contributed by atoms with Gasteiger partial charge in [-0.15, -0.1) is 0 Å². The van der Waals surface area contributed by atoms with Crippen LogP contribution in [0.15, 0.2) is 18.3 Å². The number of benzene rings is 1. The lowest BCUT2D eigenvalue weighted by atomic mass is 10.2. The second-order valence-electron chi connectivity index (χ2n) is 3.45. The maximum Gasteiger partial charge on any atom is 0.114 e. The highest BCUT2D eigenvalue weighted by molar-refractivity contribution is 6.07. The Morgan fingerprint density at radius 1 is 1.36 bits per heavy atom. The van der Waals surface area contributed by atoms with Crippen LogP contribution >= 0.6 is 0 Å². The molecule has 0 aliphatic rings. The molecule has 0 spiro atoms. The summed E-state index contributed by atoms with van der Waals surface area (Å²) in [6, 6.07) is 3.94. The number of anilines is 1. The summed E-state index contributed by atoms with van der Waals surface area (Å²) in [5, 5.41) is 1.11. The van der Waals surface area contributed by atoms with Gasteiger partial charge in [0.1, 0.15) is 11.3 Å². The van der Waals surface area contributed by atoms with Crippen LogP contribution in [0.2, 0.25) is 0 Å². The fourth-order valence-corrected chi connectivity index (χ4v) is 1.84. The molecule has 0 radical (unpaired) electrons. The average molecular weight is 186 g/mol. The normalized spacial score (nSPS) is 11.5. The van der Waals surface area contributed by atoms with Crippen molar-refractivity contribution in [2.75, 3.05) is 5.73 Å². The highest BCUT2D eigenvalue weighted by Crippen LogP contribution is 2.27. The molecule has 0 amide bonds. The maximum absolute atomic E-state index is 5.90. The van der Waals surface area contributed by atoms with Crippen LogP contribution in [0.25, 0.3) is 21.9 Å². The van der Waals surface area contributed by atoms with Gasteiger partial charge in [0.2, 0.25) is 0 Å². The predicted octanol–water partition coefficient (Wildman–Crippen LogP) is 1.93. The second kappa shape index (κ2) is 2.29. The lowest BCUT2D eigenvalue weighted by molar-refractivity contribution is 1.17. The van der Waals surface area contributed by atoms with Gasteiger partial charge >= 0.3 is 0 Å². The van der Waals surface area contributed by atoms with Crippen molar-refractivity contribution in [3.63, 3.8) is 0 Å². The SMILES string of the molecule is Cc1nc2c(N)cc3cc[nH]c3c2[nH]1. The van der Waals surface area contributed by atoms with Gasteiger partial charge in [-0.25, -0.2) is 4.98 Å². The number of rotatable bonds is 0. The standard InChI is InChI=1S/C10H10N4/c1-5-13-9-7(11)4-6-2-3-12-8(6)10(9)14-5/h2-4,12H,11H2,1H3,(H,13,14). The Labute approximate surface area is 80.1 Å². The Kier molecular flexibility index (Phi) is 1.21. The van der Waals surface area contributed by atoms with E-state index in [-0.39, 0.29) is 0 Å². The van der Waals surface area contributed by atoms with Crippen LogP contribution in [-0.4, -0.2) is 15.0 Å². The van der Waals surface area contributed by atoms with E-state index in [2.05, 4.69) is 15.0 Å². The third-order valence-corrected chi connectivity index (χ3v) is 2.44. The number of aromatic amines is 2. The smallest absolute Gasteiger partial charge is 0.114 e. The van der Waals surface area contributed by atoms with Gasteiger partial charge in [0.05, 0.1) is 16.7 Å². The Bertz CT molecular complexity index is 617. The zero-order valence-corrected chi connectivity index (χ0v) is 7.76. The van der Waals surface area contributed by atoms with E-state index in [4.69, 9.17) is 5.73 Å². The molecule has 0 saturated heterocycles. The molecule has 0 saturated carbocycles. The van der Waals surface area contributed by atoms with Gasteiger partial charge < -0.3 is 15.7 Å². The first-order valence-corrected chi connectivity index (χ1v) is 4.47. The summed E-state index contributed by atoms with van der Waals surface area (Å²) in [6.45, 7) is 1.92. The number of nitrogens with zero attached hydrogens (tertiary/aromatic N) is 1. The summed E-state index contributed by atoms with van der Waals surface area (Å²) in [5.74, 6) is 0.883. The van der Waals surface area contributed by atoms with Gasteiger partial charge in [-0.2, -0.15) is 0 Å². The van der Waals surface area contributed by atoms with Gasteiger partial charge in [0, 0.05) is 11.6 Å². The number of nitrogens with two attached hydrogens (primary N) is 1. The van der Waals surface area contributed by atoms with Crippen molar-refractivity contribution in [1.82, 2.24) is 15.0 Å². The highest BCUT2D eigenvalue weighted by atomic mass is 14.9. The average Bonchev–Trinajstić information content (AvgIpc) is 2.69. The van der Waals surface area contributed by atoms with Crippen molar-refractivity contribution in [2.45, 2.75) is 6.92 Å². The van der Waals surface area contributed by atoms with Gasteiger partial charge in [0.15, 0.2) is 0 Å². The fraction of sp³-hybridized carbons (Fsp3) is 0.100. The fourth-order valence-electron chi connectivity index (χ4n) is 1.84. The van der Waals surface area contributed by atoms with E-state index < -0.39 is 0 Å². The number of imidazole rings is 1. The number of nitrogen functional groups attached to an aromatic ring is 1. The monoisotopic (exact) mass is 186 g/mol. The van der Waals surface area contributed by atoms with Crippen molar-refractivity contribution in [3.05, 3.63) is 24.2 Å². The molecule has 4 N–H and O–H groups in total. The van der Waals surface area contributed by atoms with Crippen molar-refractivity contribution >= 4 is 27.6 Å². The Morgan fingerprint density at radius 2 is 2.21 bits per heavy atom. The number of hydrogen-bond acceptors (Lipinski definition) is 2. The molecule has 1 aromatic carbocycles. The van der Waals surface area contributed by atoms with E-state index in [9.17, 15) is 0 Å². The molecule has 0 unspecified atom stereocenters. The van der Waals surface area contributed by atoms with Crippen LogP contribution in [0, 0.1) is 6.92 Å². The molecular weight excluding hydrogens is 176 g/mol. The van der Waals surface area contributed by atoms with E-state index in [0.29, 0.717) is 0 Å². The Morgan fingerprint density at radius 3 is 3.07 bits per heavy atom. The van der Waals surface area contributed by atoms with Crippen molar-refractivity contribution in [2.24, 2.45) is 0 Å². The number of H-pyrrole nitrogens is 2. The van der Waals surface area contributed by atoms with Crippen molar-refractivity contribution in [1.29, 1.82) is 0 Å². The van der Waals surface area contributed by atoms with Gasteiger partial charge in [0.25, 0.3) is 0 Å². The molecule has 0 bridgehead atoms. The minimum atomic E-state index is 0.719. The topological polar surface area (TPSA) is 70.5 Å². The molecule has 2 heterocycles. The van der Waals surface area contributed by atoms with Crippen molar-refractivity contribution < 1.29 is 0 Å². The van der Waals surface area contributed by atoms with Gasteiger partial charge in [-0.05, 0) is 19.1 Å². The summed E-state index contributed by atoms with van der Waals surface area (Å²) in [4.78, 5) is 10.7. The van der Waals surface area contributed by atoms with Crippen LogP contribution in [0.4, 0.5) is 5.69 Å². The summed E-state index contributed by atoms with van der Waals surface area (Å²) >= 11 is 0. The molecular formula is C10H10N4. The largest absolute Gasteiger partial charge is 0.397 e. The van der Waals surface area contributed by atoms with E-state index >= 15 is 0 Å². The first-order valence-electron chi connectivity index (χ1n) is 4.47. The highest BCUT2D eigenvalue weighted by Gasteiger charge is 2.08. The lowest BCUT2D eigenvalue weighted by Gasteiger charge is -1.96. The zero-order valence-electron chi connectivity index (χ0n) is 7.76. The third kappa shape index (κ3) is 0.797. The van der Waals surface area contributed by atoms with E-state index in [1.807, 2.05) is 25.3 Å². The second-order valence-corrected chi connectivity index (χ2v) is 3.45. The zero-order chi connectivity index (χ0) is 9.71. The number of nitrogens with one attached hydrogen (secondary N) is 2. The number of hydrogen-bond donors (Lipinski definition) is 3. The number of aromatic nitrogens is 3. The summed E-state index contributed by atoms with van der Waals surface area (Å²) in [6.07, 6.45) is 1.90. The van der Waals surface area contributed by atoms with Crippen LogP contribution in [0.3, 0.4) is 0 Å². The molecule has 3 aromatic rings. The summed E-state index contributed by atoms with van der Waals surface area (Å²) < 4.78 is 0. The molecule has 2 aromatic heterocycles. The number of fused-ring (bicyclic) bond motifs is 3. The van der Waals surface area contributed by atoms with Gasteiger partial charge in [-0.3, -0.25) is 0 Å². The first kappa shape index (κ1) is 7.44.